The Morgan fingerprint density at radius 2 is 1.72 bits per heavy atom. The molecule has 1 fully saturated rings. The SMILES string of the molecule is O=C(Nc1ccc(F)cc1F)N[C@H]1CC(=O)N(c2ccc(F)cc2)C1. The molecule has 2 aromatic rings. The van der Waals surface area contributed by atoms with Crippen LogP contribution in [-0.4, -0.2) is 24.5 Å². The molecular weight excluding hydrogens is 335 g/mol. The molecule has 0 aliphatic carbocycles. The molecule has 0 aromatic heterocycles. The summed E-state index contributed by atoms with van der Waals surface area (Å²) in [5.41, 5.74) is 0.360. The van der Waals surface area contributed by atoms with Gasteiger partial charge in [-0.25, -0.2) is 18.0 Å². The van der Waals surface area contributed by atoms with Crippen LogP contribution in [0.3, 0.4) is 0 Å². The molecule has 3 amide bonds. The maximum atomic E-state index is 13.5. The second-order valence-electron chi connectivity index (χ2n) is 5.60. The van der Waals surface area contributed by atoms with Crippen LogP contribution in [0, 0.1) is 17.5 Å². The number of nitrogens with zero attached hydrogens (tertiary/aromatic N) is 1. The van der Waals surface area contributed by atoms with E-state index in [9.17, 15) is 22.8 Å². The third-order valence-electron chi connectivity index (χ3n) is 3.78. The topological polar surface area (TPSA) is 61.4 Å². The zero-order valence-electron chi connectivity index (χ0n) is 12.9. The van der Waals surface area contributed by atoms with Crippen molar-refractivity contribution in [1.82, 2.24) is 5.32 Å². The number of benzene rings is 2. The lowest BCUT2D eigenvalue weighted by Crippen LogP contribution is -2.39. The number of hydrogen-bond donors (Lipinski definition) is 2. The fourth-order valence-electron chi connectivity index (χ4n) is 2.61. The zero-order chi connectivity index (χ0) is 18.0. The number of nitrogens with one attached hydrogen (secondary N) is 2. The van der Waals surface area contributed by atoms with Crippen molar-refractivity contribution in [2.75, 3.05) is 16.8 Å². The van der Waals surface area contributed by atoms with E-state index in [4.69, 9.17) is 0 Å². The van der Waals surface area contributed by atoms with E-state index >= 15 is 0 Å². The molecule has 0 radical (unpaired) electrons. The molecule has 0 saturated carbocycles. The first kappa shape index (κ1) is 16.8. The number of carbonyl (C=O) groups excluding carboxylic acids is 2. The van der Waals surface area contributed by atoms with Crippen molar-refractivity contribution in [2.24, 2.45) is 0 Å². The molecule has 1 atom stereocenters. The van der Waals surface area contributed by atoms with Crippen LogP contribution in [0.2, 0.25) is 0 Å². The number of amides is 3. The van der Waals surface area contributed by atoms with Crippen molar-refractivity contribution in [3.63, 3.8) is 0 Å². The first-order chi connectivity index (χ1) is 11.9. The van der Waals surface area contributed by atoms with Crippen LogP contribution < -0.4 is 15.5 Å². The number of urea groups is 1. The summed E-state index contributed by atoms with van der Waals surface area (Å²) in [6.45, 7) is 0.212. The van der Waals surface area contributed by atoms with Crippen molar-refractivity contribution >= 4 is 23.3 Å². The monoisotopic (exact) mass is 349 g/mol. The Balaban J connectivity index is 1.61. The highest BCUT2D eigenvalue weighted by Gasteiger charge is 2.31. The van der Waals surface area contributed by atoms with Gasteiger partial charge in [0, 0.05) is 24.7 Å². The van der Waals surface area contributed by atoms with Crippen molar-refractivity contribution in [2.45, 2.75) is 12.5 Å². The minimum absolute atomic E-state index is 0.0662. The Morgan fingerprint density at radius 1 is 1.04 bits per heavy atom. The molecule has 1 saturated heterocycles. The lowest BCUT2D eigenvalue weighted by atomic mass is 10.2. The molecule has 130 valence electrons. The fourth-order valence-corrected chi connectivity index (χ4v) is 2.61. The number of halogens is 3. The van der Waals surface area contributed by atoms with E-state index in [0.29, 0.717) is 11.8 Å². The lowest BCUT2D eigenvalue weighted by Gasteiger charge is -2.17. The molecule has 0 spiro atoms. The van der Waals surface area contributed by atoms with E-state index in [0.717, 1.165) is 12.1 Å². The zero-order valence-corrected chi connectivity index (χ0v) is 12.9. The predicted octanol–water partition coefficient (Wildman–Crippen LogP) is 3.03. The van der Waals surface area contributed by atoms with E-state index in [2.05, 4.69) is 10.6 Å². The van der Waals surface area contributed by atoms with Crippen LogP contribution in [-0.2, 0) is 4.79 Å². The van der Waals surface area contributed by atoms with Crippen LogP contribution in [0.25, 0.3) is 0 Å². The highest BCUT2D eigenvalue weighted by atomic mass is 19.1. The van der Waals surface area contributed by atoms with Gasteiger partial charge in [0.1, 0.15) is 17.5 Å². The normalized spacial score (nSPS) is 16.8. The van der Waals surface area contributed by atoms with Crippen LogP contribution in [0.1, 0.15) is 6.42 Å². The molecule has 0 bridgehead atoms. The lowest BCUT2D eigenvalue weighted by molar-refractivity contribution is -0.117. The maximum absolute atomic E-state index is 13.5. The van der Waals surface area contributed by atoms with Crippen molar-refractivity contribution in [1.29, 1.82) is 0 Å². The summed E-state index contributed by atoms with van der Waals surface area (Å²) in [6, 6.07) is 7.03. The largest absolute Gasteiger partial charge is 0.333 e. The molecule has 1 aliphatic heterocycles. The molecule has 5 nitrogen and oxygen atoms in total. The third-order valence-corrected chi connectivity index (χ3v) is 3.78. The quantitative estimate of drug-likeness (QED) is 0.895. The predicted molar refractivity (Wildman–Crippen MR) is 85.7 cm³/mol. The van der Waals surface area contributed by atoms with E-state index in [-0.39, 0.29) is 24.6 Å². The van der Waals surface area contributed by atoms with Crippen LogP contribution >= 0.6 is 0 Å². The first-order valence-corrected chi connectivity index (χ1v) is 7.51. The van der Waals surface area contributed by atoms with Gasteiger partial charge < -0.3 is 15.5 Å². The van der Waals surface area contributed by atoms with Gasteiger partial charge in [0.2, 0.25) is 5.91 Å². The average molecular weight is 349 g/mol. The molecule has 2 N–H and O–H groups in total. The summed E-state index contributed by atoms with van der Waals surface area (Å²) in [6.07, 6.45) is 0.0662. The van der Waals surface area contributed by atoms with Gasteiger partial charge in [0.05, 0.1) is 11.7 Å². The van der Waals surface area contributed by atoms with Crippen molar-refractivity contribution in [3.05, 3.63) is 59.9 Å². The van der Waals surface area contributed by atoms with Crippen LogP contribution in [0.5, 0.6) is 0 Å². The Morgan fingerprint density at radius 3 is 2.40 bits per heavy atom. The minimum atomic E-state index is -0.898. The summed E-state index contributed by atoms with van der Waals surface area (Å²) in [7, 11) is 0. The highest BCUT2D eigenvalue weighted by molar-refractivity contribution is 5.97. The highest BCUT2D eigenvalue weighted by Crippen LogP contribution is 2.22. The summed E-state index contributed by atoms with van der Waals surface area (Å²) in [5, 5.41) is 4.83. The number of hydrogen-bond acceptors (Lipinski definition) is 2. The van der Waals surface area contributed by atoms with E-state index in [1.165, 1.54) is 29.2 Å². The average Bonchev–Trinajstić information content (AvgIpc) is 2.91. The standard InChI is InChI=1S/C17H14F3N3O2/c18-10-1-4-13(5-2-10)23-9-12(8-16(23)24)21-17(25)22-15-6-3-11(19)7-14(15)20/h1-7,12H,8-9H2,(H2,21,22,25)/t12-/m0/s1. The molecule has 8 heteroatoms. The molecule has 3 rings (SSSR count). The molecule has 0 unspecified atom stereocenters. The van der Waals surface area contributed by atoms with Crippen molar-refractivity contribution < 1.29 is 22.8 Å². The fraction of sp³-hybridized carbons (Fsp3) is 0.176. The molecule has 2 aromatic carbocycles. The Kier molecular flexibility index (Phi) is 4.60. The Bertz CT molecular complexity index is 811. The van der Waals surface area contributed by atoms with Gasteiger partial charge in [0.15, 0.2) is 0 Å². The van der Waals surface area contributed by atoms with Gasteiger partial charge in [0.25, 0.3) is 0 Å². The van der Waals surface area contributed by atoms with Crippen molar-refractivity contribution in [3.8, 4) is 0 Å². The smallest absolute Gasteiger partial charge is 0.319 e. The molecule has 1 heterocycles. The Labute approximate surface area is 141 Å². The van der Waals surface area contributed by atoms with Gasteiger partial charge in [-0.2, -0.15) is 0 Å². The number of carbonyl (C=O) groups is 2. The van der Waals surface area contributed by atoms with Gasteiger partial charge in [-0.05, 0) is 36.4 Å². The summed E-state index contributed by atoms with van der Waals surface area (Å²) >= 11 is 0. The second-order valence-corrected chi connectivity index (χ2v) is 5.60. The maximum Gasteiger partial charge on any atom is 0.319 e. The van der Waals surface area contributed by atoms with E-state index in [1.807, 2.05) is 0 Å². The summed E-state index contributed by atoms with van der Waals surface area (Å²) < 4.78 is 39.3. The summed E-state index contributed by atoms with van der Waals surface area (Å²) in [4.78, 5) is 25.4. The minimum Gasteiger partial charge on any atom is -0.333 e. The van der Waals surface area contributed by atoms with Gasteiger partial charge >= 0.3 is 6.03 Å². The van der Waals surface area contributed by atoms with Crippen LogP contribution in [0.15, 0.2) is 42.5 Å². The first-order valence-electron chi connectivity index (χ1n) is 7.51. The van der Waals surface area contributed by atoms with E-state index in [1.54, 1.807) is 0 Å². The van der Waals surface area contributed by atoms with Gasteiger partial charge in [-0.15, -0.1) is 0 Å². The van der Waals surface area contributed by atoms with Gasteiger partial charge in [-0.1, -0.05) is 0 Å². The molecule has 25 heavy (non-hydrogen) atoms. The van der Waals surface area contributed by atoms with E-state index < -0.39 is 29.5 Å². The molecule has 1 aliphatic rings. The van der Waals surface area contributed by atoms with Crippen LogP contribution in [0.4, 0.5) is 29.3 Å². The third kappa shape index (κ3) is 3.90. The number of rotatable bonds is 3. The number of anilines is 2. The molecular formula is C17H14F3N3O2. The van der Waals surface area contributed by atoms with Gasteiger partial charge in [-0.3, -0.25) is 4.79 Å². The second kappa shape index (κ2) is 6.84. The Hall–Kier alpha value is -3.03. The summed E-state index contributed by atoms with van der Waals surface area (Å²) in [5.74, 6) is -2.28.